The number of anilines is 1. The van der Waals surface area contributed by atoms with Crippen LogP contribution >= 0.6 is 12.2 Å². The van der Waals surface area contributed by atoms with E-state index >= 15 is 4.39 Å². The van der Waals surface area contributed by atoms with Crippen molar-refractivity contribution in [1.82, 2.24) is 24.1 Å². The molecule has 1 aliphatic heterocycles. The molecule has 0 radical (unpaired) electrons. The first-order chi connectivity index (χ1) is 14.2. The number of halogens is 3. The maximum atomic E-state index is 15.5. The molecule has 3 rings (SSSR count). The Bertz CT molecular complexity index is 840. The Morgan fingerprint density at radius 2 is 2.17 bits per heavy atom. The first-order valence-corrected chi connectivity index (χ1v) is 9.94. The van der Waals surface area contributed by atoms with Gasteiger partial charge in [-0.25, -0.2) is 22.6 Å². The lowest BCUT2D eigenvalue weighted by Gasteiger charge is -2.41. The van der Waals surface area contributed by atoms with Crippen molar-refractivity contribution in [2.45, 2.75) is 32.0 Å². The minimum absolute atomic E-state index is 0.0947. The van der Waals surface area contributed by atoms with E-state index in [0.717, 1.165) is 18.3 Å². The van der Waals surface area contributed by atoms with Crippen molar-refractivity contribution in [2.24, 2.45) is 13.0 Å². The average molecular weight is 448 g/mol. The summed E-state index contributed by atoms with van der Waals surface area (Å²) in [4.78, 5) is 13.8. The zero-order valence-corrected chi connectivity index (χ0v) is 17.5. The van der Waals surface area contributed by atoms with Gasteiger partial charge in [0.15, 0.2) is 23.8 Å². The Morgan fingerprint density at radius 1 is 1.47 bits per heavy atom. The van der Waals surface area contributed by atoms with Crippen LogP contribution in [0.25, 0.3) is 0 Å². The van der Waals surface area contributed by atoms with E-state index in [4.69, 9.17) is 4.18 Å². The molecule has 3 heterocycles. The molecule has 2 amide bonds. The van der Waals surface area contributed by atoms with Gasteiger partial charge in [0, 0.05) is 45.2 Å². The van der Waals surface area contributed by atoms with E-state index < -0.39 is 17.9 Å². The van der Waals surface area contributed by atoms with Gasteiger partial charge in [0.1, 0.15) is 12.0 Å². The molecule has 30 heavy (non-hydrogen) atoms. The summed E-state index contributed by atoms with van der Waals surface area (Å²) in [6.45, 7) is 2.20. The molecule has 1 saturated heterocycles. The first-order valence-electron chi connectivity index (χ1n) is 9.24. The average Bonchev–Trinajstić information content (AvgIpc) is 3.35. The van der Waals surface area contributed by atoms with E-state index in [1.807, 2.05) is 0 Å². The molecular weight excluding hydrogens is 425 g/mol. The molecule has 0 bridgehead atoms. The summed E-state index contributed by atoms with van der Waals surface area (Å²) in [7, 11) is 2.99. The molecule has 0 aliphatic carbocycles. The van der Waals surface area contributed by atoms with Crippen LogP contribution in [0.3, 0.4) is 0 Å². The van der Waals surface area contributed by atoms with Crippen molar-refractivity contribution in [3.63, 3.8) is 0 Å². The predicted octanol–water partition coefficient (Wildman–Crippen LogP) is 3.85. The fraction of sp³-hybridized carbons (Fsp3) is 0.588. The monoisotopic (exact) mass is 448 g/mol. The molecule has 1 aliphatic rings. The molecule has 1 unspecified atom stereocenters. The number of amides is 2. The number of piperidine rings is 1. The number of rotatable bonds is 7. The van der Waals surface area contributed by atoms with Crippen LogP contribution in [0.15, 0.2) is 22.9 Å². The van der Waals surface area contributed by atoms with Crippen LogP contribution in [0.5, 0.6) is 5.88 Å². The van der Waals surface area contributed by atoms with Crippen LogP contribution < -0.4 is 9.50 Å². The summed E-state index contributed by atoms with van der Waals surface area (Å²) in [6.07, 6.45) is -0.461. The summed E-state index contributed by atoms with van der Waals surface area (Å²) in [5.74, 6) is -1.69. The zero-order chi connectivity index (χ0) is 21.9. The lowest BCUT2D eigenvalue weighted by molar-refractivity contribution is -0.0195. The van der Waals surface area contributed by atoms with Gasteiger partial charge >= 0.3 is 6.03 Å². The zero-order valence-electron chi connectivity index (χ0n) is 16.7. The smallest absolute Gasteiger partial charge is 0.323 e. The minimum Gasteiger partial charge on any atom is -0.390 e. The second kappa shape index (κ2) is 9.16. The van der Waals surface area contributed by atoms with Crippen LogP contribution in [0.2, 0.25) is 0 Å². The largest absolute Gasteiger partial charge is 0.390 e. The van der Waals surface area contributed by atoms with Crippen LogP contribution in [-0.2, 0) is 7.05 Å². The third-order valence-electron chi connectivity index (χ3n) is 5.13. The van der Waals surface area contributed by atoms with Gasteiger partial charge in [-0.15, -0.1) is 0 Å². The molecule has 0 spiro atoms. The van der Waals surface area contributed by atoms with Gasteiger partial charge in [0.2, 0.25) is 5.88 Å². The van der Waals surface area contributed by atoms with Gasteiger partial charge in [-0.3, -0.25) is 5.32 Å². The number of hydrogen-bond acceptors (Lipinski definition) is 7. The molecular formula is C17H23F3N6O3S. The minimum atomic E-state index is -2.71. The van der Waals surface area contributed by atoms with E-state index in [-0.39, 0.29) is 17.8 Å². The predicted molar refractivity (Wildman–Crippen MR) is 103 cm³/mol. The highest BCUT2D eigenvalue weighted by molar-refractivity contribution is 7.92. The van der Waals surface area contributed by atoms with Gasteiger partial charge in [-0.05, 0) is 19.8 Å². The van der Waals surface area contributed by atoms with Crippen molar-refractivity contribution in [3.8, 4) is 5.88 Å². The maximum Gasteiger partial charge on any atom is 0.323 e. The number of alkyl halides is 3. The molecule has 2 aromatic heterocycles. The van der Waals surface area contributed by atoms with Crippen LogP contribution in [0, 0.1) is 5.92 Å². The number of aryl methyl sites for hydroxylation is 1. The maximum absolute atomic E-state index is 15.5. The van der Waals surface area contributed by atoms with E-state index in [1.165, 1.54) is 42.3 Å². The second-order valence-electron chi connectivity index (χ2n) is 7.09. The number of likely N-dealkylation sites (tertiary alicyclic amines) is 1. The number of carbonyl (C=O) groups is 1. The van der Waals surface area contributed by atoms with Crippen molar-refractivity contribution in [3.05, 3.63) is 24.1 Å². The topological polar surface area (TPSA) is 88.7 Å². The van der Waals surface area contributed by atoms with Crippen molar-refractivity contribution in [2.75, 3.05) is 25.5 Å². The Kier molecular flexibility index (Phi) is 6.81. The number of nitrogens with zero attached hydrogens (tertiary/aromatic N) is 5. The van der Waals surface area contributed by atoms with Gasteiger partial charge in [-0.2, -0.15) is 9.40 Å². The highest BCUT2D eigenvalue weighted by Crippen LogP contribution is 2.38. The third kappa shape index (κ3) is 5.01. The fourth-order valence-corrected chi connectivity index (χ4v) is 3.79. The molecule has 13 heteroatoms. The lowest BCUT2D eigenvalue weighted by atomic mass is 9.88. The molecule has 0 aromatic carbocycles. The summed E-state index contributed by atoms with van der Waals surface area (Å²) >= 11 is 0.720. The lowest BCUT2D eigenvalue weighted by Crippen LogP contribution is -2.49. The van der Waals surface area contributed by atoms with Crippen molar-refractivity contribution < 1.29 is 26.7 Å². The van der Waals surface area contributed by atoms with E-state index in [2.05, 4.69) is 20.1 Å². The Balaban J connectivity index is 1.51. The number of carbonyl (C=O) groups excluding carboxylic acids is 1. The number of nitrogens with one attached hydrogen (secondary N) is 1. The van der Waals surface area contributed by atoms with Gasteiger partial charge < -0.3 is 13.6 Å². The van der Waals surface area contributed by atoms with E-state index in [9.17, 15) is 13.6 Å². The van der Waals surface area contributed by atoms with Gasteiger partial charge in [0.05, 0.1) is 0 Å². The number of hydrogen-bond donors (Lipinski definition) is 1. The standard InChI is InChI=1S/C17H23F3N6O3S/c1-17(20,25(3)30-29-14-10-12(15(18)19)22-24(14)2)11-4-7-26(8-5-11)16(27)21-13-6-9-28-23-13/h6,9-11,15H,4-5,7-8H2,1-3H3,(H,21,23,27). The molecule has 1 fully saturated rings. The van der Waals surface area contributed by atoms with Crippen LogP contribution in [-0.4, -0.2) is 56.1 Å². The highest BCUT2D eigenvalue weighted by Gasteiger charge is 2.42. The number of urea groups is 1. The first kappa shape index (κ1) is 22.3. The molecule has 2 aromatic rings. The molecule has 1 N–H and O–H groups in total. The summed E-state index contributed by atoms with van der Waals surface area (Å²) in [5.41, 5.74) is -0.407. The van der Waals surface area contributed by atoms with E-state index in [1.54, 1.807) is 4.90 Å². The molecule has 1 atom stereocenters. The van der Waals surface area contributed by atoms with Crippen molar-refractivity contribution in [1.29, 1.82) is 0 Å². The van der Waals surface area contributed by atoms with Crippen LogP contribution in [0.4, 0.5) is 23.8 Å². The van der Waals surface area contributed by atoms with Crippen LogP contribution in [0.1, 0.15) is 31.9 Å². The van der Waals surface area contributed by atoms with Crippen molar-refractivity contribution >= 4 is 24.1 Å². The normalized spacial score (nSPS) is 17.4. The SMILES string of the molecule is CN(SOc1cc(C(F)F)nn1C)C(C)(F)C1CCN(C(=O)Nc2ccon2)CC1. The van der Waals surface area contributed by atoms with E-state index in [0.29, 0.717) is 31.7 Å². The highest BCUT2D eigenvalue weighted by atomic mass is 32.2. The molecule has 9 nitrogen and oxygen atoms in total. The Morgan fingerprint density at radius 3 is 2.73 bits per heavy atom. The van der Waals surface area contributed by atoms with Gasteiger partial charge in [0.25, 0.3) is 6.43 Å². The summed E-state index contributed by atoms with van der Waals surface area (Å²) in [5, 5.41) is 9.89. The second-order valence-corrected chi connectivity index (χ2v) is 7.95. The third-order valence-corrected chi connectivity index (χ3v) is 5.96. The van der Waals surface area contributed by atoms with Gasteiger partial charge in [-0.1, -0.05) is 5.16 Å². The molecule has 166 valence electrons. The summed E-state index contributed by atoms with van der Waals surface area (Å²) < 4.78 is 53.5. The fourth-order valence-electron chi connectivity index (χ4n) is 3.16. The quantitative estimate of drug-likeness (QED) is 0.391. The Labute approximate surface area is 175 Å². The number of aromatic nitrogens is 3. The summed E-state index contributed by atoms with van der Waals surface area (Å²) in [6, 6.07) is 2.33. The molecule has 0 saturated carbocycles. The Hall–Kier alpha value is -2.41.